The summed E-state index contributed by atoms with van der Waals surface area (Å²) in [5, 5.41) is 21.2. The molecule has 116 valence electrons. The third kappa shape index (κ3) is 8.95. The second-order valence-corrected chi connectivity index (χ2v) is 4.60. The van der Waals surface area contributed by atoms with Crippen molar-refractivity contribution >= 4 is 17.8 Å². The first-order chi connectivity index (χ1) is 9.00. The minimum atomic E-state index is -1.28. The Balaban J connectivity index is -0.00000120. The molecule has 10 heteroatoms. The maximum atomic E-state index is 10.9. The van der Waals surface area contributed by atoms with E-state index < -0.39 is 18.5 Å². The number of carboxylic acids is 2. The molecular weight excluding hydrogens is 314 g/mol. The first-order valence-electron chi connectivity index (χ1n) is 6.37. The molecule has 0 aliphatic carbocycles. The van der Waals surface area contributed by atoms with Crippen LogP contribution < -0.4 is 69.3 Å². The van der Waals surface area contributed by atoms with Gasteiger partial charge in [-0.1, -0.05) is 6.92 Å². The predicted molar refractivity (Wildman–Crippen MR) is 64.8 cm³/mol. The number of aliphatic carboxylic acids is 2. The number of hydrogen-bond acceptors (Lipinski definition) is 7. The zero-order valence-electron chi connectivity index (χ0n) is 13.5. The van der Waals surface area contributed by atoms with Gasteiger partial charge in [0.1, 0.15) is 19.6 Å². The fourth-order valence-electron chi connectivity index (χ4n) is 2.32. The number of carbonyl (C=O) groups excluding carboxylic acids is 2. The van der Waals surface area contributed by atoms with E-state index in [-0.39, 0.29) is 82.2 Å². The zero-order valence-corrected chi connectivity index (χ0v) is 17.5. The number of amidine groups is 1. The van der Waals surface area contributed by atoms with Gasteiger partial charge in [-0.3, -0.25) is 4.48 Å². The quantitative estimate of drug-likeness (QED) is 0.234. The number of ether oxygens (including phenoxy) is 1. The predicted octanol–water partition coefficient (Wildman–Crippen LogP) is -8.64. The van der Waals surface area contributed by atoms with Crippen molar-refractivity contribution in [1.29, 1.82) is 0 Å². The van der Waals surface area contributed by atoms with E-state index in [1.54, 1.807) is 0 Å². The summed E-state index contributed by atoms with van der Waals surface area (Å²) in [5.74, 6) is -1.58. The standard InChI is InChI=1S/C12H20N2O5.2Na.H2O/c1-2-3-10-13-4-5-14(10,8-11(15)16)6-7-19-9-12(17)18;;;/h2-9H2,1H3,(H-,15,16,17,18);;;1H2/q;2*+1;/p-2. The molecule has 1 unspecified atom stereocenters. The number of aliphatic imine (C=N–C) groups is 1. The van der Waals surface area contributed by atoms with Gasteiger partial charge in [-0.2, -0.15) is 0 Å². The van der Waals surface area contributed by atoms with Crippen LogP contribution >= 0.6 is 0 Å². The van der Waals surface area contributed by atoms with Crippen LogP contribution in [-0.4, -0.2) is 67.1 Å². The molecule has 1 N–H and O–H groups in total. The Morgan fingerprint density at radius 2 is 1.91 bits per heavy atom. The molecule has 0 spiro atoms. The van der Waals surface area contributed by atoms with Crippen LogP contribution in [0, 0.1) is 0 Å². The molecule has 0 bridgehead atoms. The van der Waals surface area contributed by atoms with Gasteiger partial charge in [-0.05, 0) is 6.42 Å². The Hall–Kier alpha value is 0.490. The van der Waals surface area contributed by atoms with E-state index in [0.29, 0.717) is 19.6 Å². The number of carbonyl (C=O) groups is 2. The number of hydrogen-bond donors (Lipinski definition) is 0. The van der Waals surface area contributed by atoms with E-state index in [0.717, 1.165) is 18.7 Å². The number of quaternary nitrogens is 1. The maximum absolute atomic E-state index is 10.9. The van der Waals surface area contributed by atoms with Gasteiger partial charge >= 0.3 is 59.1 Å². The van der Waals surface area contributed by atoms with E-state index in [1.165, 1.54) is 0 Å². The molecule has 1 aliphatic rings. The fraction of sp³-hybridized carbons (Fsp3) is 0.750. The van der Waals surface area contributed by atoms with Crippen molar-refractivity contribution < 1.29 is 93.6 Å². The first-order valence-corrected chi connectivity index (χ1v) is 6.37. The summed E-state index contributed by atoms with van der Waals surface area (Å²) in [7, 11) is 0. The van der Waals surface area contributed by atoms with Crippen molar-refractivity contribution in [2.24, 2.45) is 4.99 Å². The Bertz CT molecular complexity index is 381. The summed E-state index contributed by atoms with van der Waals surface area (Å²) in [4.78, 5) is 25.5. The van der Waals surface area contributed by atoms with Crippen LogP contribution in [0.1, 0.15) is 19.8 Å². The van der Waals surface area contributed by atoms with Crippen molar-refractivity contribution in [3.05, 3.63) is 0 Å². The summed E-state index contributed by atoms with van der Waals surface area (Å²) in [6.45, 7) is 3.10. The largest absolute Gasteiger partial charge is 1.00 e. The van der Waals surface area contributed by atoms with E-state index in [9.17, 15) is 19.8 Å². The normalized spacial score (nSPS) is 19.2. The second-order valence-electron chi connectivity index (χ2n) is 4.60. The second kappa shape index (κ2) is 13.9. The van der Waals surface area contributed by atoms with Crippen molar-refractivity contribution in [3.8, 4) is 0 Å². The van der Waals surface area contributed by atoms with Crippen molar-refractivity contribution in [3.63, 3.8) is 0 Å². The van der Waals surface area contributed by atoms with Crippen LogP contribution in [-0.2, 0) is 14.3 Å². The number of carboxylic acid groups (broad SMARTS) is 2. The molecule has 8 nitrogen and oxygen atoms in total. The third-order valence-corrected chi connectivity index (χ3v) is 3.16. The molecule has 1 rings (SSSR count). The smallest absolute Gasteiger partial charge is 0.870 e. The molecule has 0 radical (unpaired) electrons. The van der Waals surface area contributed by atoms with Gasteiger partial charge in [-0.25, -0.2) is 4.99 Å². The van der Waals surface area contributed by atoms with Crippen LogP contribution in [0.15, 0.2) is 4.99 Å². The molecule has 0 fully saturated rings. The molecule has 0 amide bonds. The molecule has 0 aromatic rings. The van der Waals surface area contributed by atoms with Crippen LogP contribution in [0.25, 0.3) is 0 Å². The topological polar surface area (TPSA) is 132 Å². The van der Waals surface area contributed by atoms with Crippen LogP contribution in [0.4, 0.5) is 0 Å². The van der Waals surface area contributed by atoms with E-state index in [2.05, 4.69) is 4.99 Å². The number of rotatable bonds is 9. The van der Waals surface area contributed by atoms with Gasteiger partial charge in [0, 0.05) is 6.42 Å². The Kier molecular flexibility index (Phi) is 17.3. The van der Waals surface area contributed by atoms with Crippen LogP contribution in [0.2, 0.25) is 0 Å². The van der Waals surface area contributed by atoms with Crippen molar-refractivity contribution in [2.75, 3.05) is 39.4 Å². The average molecular weight is 334 g/mol. The molecule has 1 aliphatic heterocycles. The third-order valence-electron chi connectivity index (χ3n) is 3.16. The number of nitrogens with zero attached hydrogens (tertiary/aromatic N) is 2. The molecule has 1 atom stereocenters. The average Bonchev–Trinajstić information content (AvgIpc) is 2.68. The van der Waals surface area contributed by atoms with Gasteiger partial charge in [-0.15, -0.1) is 0 Å². The maximum Gasteiger partial charge on any atom is 1.00 e. The summed E-state index contributed by atoms with van der Waals surface area (Å²) >= 11 is 0. The zero-order chi connectivity index (χ0) is 14.3. The Labute approximate surface area is 174 Å². The monoisotopic (exact) mass is 334 g/mol. The van der Waals surface area contributed by atoms with E-state index >= 15 is 0 Å². The van der Waals surface area contributed by atoms with E-state index in [4.69, 9.17) is 4.74 Å². The molecular formula is C12H20N2Na2O6. The first kappa shape index (κ1) is 27.3. The van der Waals surface area contributed by atoms with Crippen molar-refractivity contribution in [1.82, 2.24) is 0 Å². The molecule has 0 aromatic carbocycles. The van der Waals surface area contributed by atoms with Gasteiger partial charge in [0.15, 0.2) is 5.84 Å². The molecule has 1 heterocycles. The van der Waals surface area contributed by atoms with Crippen LogP contribution in [0.3, 0.4) is 0 Å². The minimum Gasteiger partial charge on any atom is -0.870 e. The Morgan fingerprint density at radius 3 is 2.41 bits per heavy atom. The van der Waals surface area contributed by atoms with Gasteiger partial charge in [0.05, 0.1) is 31.7 Å². The minimum absolute atomic E-state index is 0. The van der Waals surface area contributed by atoms with Crippen LogP contribution in [0.5, 0.6) is 0 Å². The summed E-state index contributed by atoms with van der Waals surface area (Å²) in [6, 6.07) is 0. The SMILES string of the molecule is CCCC1=NCC[N+]1(CCOCC(=O)[O-])CC(=O)[O-].[Na+].[Na+].[OH-]. The fourth-order valence-corrected chi connectivity index (χ4v) is 2.32. The molecule has 0 saturated carbocycles. The summed E-state index contributed by atoms with van der Waals surface area (Å²) in [6.07, 6.45) is 1.61. The van der Waals surface area contributed by atoms with Gasteiger partial charge < -0.3 is 30.0 Å². The molecule has 22 heavy (non-hydrogen) atoms. The molecule has 0 saturated heterocycles. The van der Waals surface area contributed by atoms with E-state index in [1.807, 2.05) is 6.92 Å². The Morgan fingerprint density at radius 1 is 1.27 bits per heavy atom. The summed E-state index contributed by atoms with van der Waals surface area (Å²) < 4.78 is 5.16. The van der Waals surface area contributed by atoms with Crippen molar-refractivity contribution in [2.45, 2.75) is 19.8 Å². The van der Waals surface area contributed by atoms with Gasteiger partial charge in [0.25, 0.3) is 0 Å². The molecule has 0 aromatic heterocycles. The summed E-state index contributed by atoms with van der Waals surface area (Å²) in [5.41, 5.74) is 0. The van der Waals surface area contributed by atoms with Gasteiger partial charge in [0.2, 0.25) is 0 Å².